The Morgan fingerprint density at radius 3 is 2.16 bits per heavy atom. The fourth-order valence-electron chi connectivity index (χ4n) is 2.05. The van der Waals surface area contributed by atoms with E-state index in [1.54, 1.807) is 24.3 Å². The van der Waals surface area contributed by atoms with E-state index >= 15 is 0 Å². The Hall–Kier alpha value is -1.95. The second-order valence-electron chi connectivity index (χ2n) is 5.18. The molecule has 0 aliphatic rings. The molecule has 0 saturated carbocycles. The Morgan fingerprint density at radius 2 is 1.60 bits per heavy atom. The summed E-state index contributed by atoms with van der Waals surface area (Å²) in [7, 11) is 0. The van der Waals surface area contributed by atoms with Crippen molar-refractivity contribution in [2.24, 2.45) is 0 Å². The molecule has 1 atom stereocenters. The van der Waals surface area contributed by atoms with Crippen molar-refractivity contribution in [3.05, 3.63) is 63.1 Å². The molecule has 1 amide bonds. The Labute approximate surface area is 159 Å². The lowest BCUT2D eigenvalue weighted by Crippen LogP contribution is -2.44. The van der Waals surface area contributed by atoms with E-state index in [1.807, 2.05) is 0 Å². The van der Waals surface area contributed by atoms with E-state index < -0.39 is 17.9 Å². The van der Waals surface area contributed by atoms with E-state index in [1.165, 1.54) is 18.2 Å². The summed E-state index contributed by atoms with van der Waals surface area (Å²) in [6.07, 6.45) is 0.126. The molecule has 2 N–H and O–H groups in total. The van der Waals surface area contributed by atoms with Crippen LogP contribution in [-0.4, -0.2) is 29.6 Å². The number of hydrogen-bond donors (Lipinski definition) is 2. The number of rotatable bonds is 7. The predicted octanol–water partition coefficient (Wildman–Crippen LogP) is 3.84. The van der Waals surface area contributed by atoms with Crippen LogP contribution in [0.3, 0.4) is 0 Å². The molecule has 2 aromatic carbocycles. The lowest BCUT2D eigenvalue weighted by molar-refractivity contribution is -0.142. The average molecular weight is 403 g/mol. The van der Waals surface area contributed by atoms with Gasteiger partial charge in [0.15, 0.2) is 6.61 Å². The summed E-state index contributed by atoms with van der Waals surface area (Å²) in [6.45, 7) is -0.360. The quantitative estimate of drug-likeness (QED) is 0.738. The second kappa shape index (κ2) is 8.94. The minimum Gasteiger partial charge on any atom is -0.484 e. The molecule has 5 nitrogen and oxygen atoms in total. The van der Waals surface area contributed by atoms with Crippen LogP contribution in [0.15, 0.2) is 42.5 Å². The van der Waals surface area contributed by atoms with Crippen LogP contribution >= 0.6 is 34.8 Å². The van der Waals surface area contributed by atoms with Crippen molar-refractivity contribution in [2.45, 2.75) is 12.5 Å². The maximum atomic E-state index is 12.0. The van der Waals surface area contributed by atoms with Gasteiger partial charge in [-0.2, -0.15) is 0 Å². The van der Waals surface area contributed by atoms with Crippen molar-refractivity contribution >= 4 is 46.7 Å². The molecule has 0 radical (unpaired) electrons. The van der Waals surface area contributed by atoms with Crippen LogP contribution in [0.2, 0.25) is 15.1 Å². The Balaban J connectivity index is 1.93. The summed E-state index contributed by atoms with van der Waals surface area (Å²) in [5.41, 5.74) is 0.736. The lowest BCUT2D eigenvalue weighted by Gasteiger charge is -2.15. The summed E-state index contributed by atoms with van der Waals surface area (Å²) in [5, 5.41) is 13.0. The molecule has 0 fully saturated rings. The number of ether oxygens (including phenoxy) is 1. The van der Waals surface area contributed by atoms with Gasteiger partial charge in [0.25, 0.3) is 5.91 Å². The zero-order chi connectivity index (χ0) is 18.4. The smallest absolute Gasteiger partial charge is 0.326 e. The van der Waals surface area contributed by atoms with Crippen molar-refractivity contribution in [1.82, 2.24) is 5.32 Å². The molecule has 0 saturated heterocycles. The van der Waals surface area contributed by atoms with Crippen LogP contribution in [0.4, 0.5) is 0 Å². The summed E-state index contributed by atoms with van der Waals surface area (Å²) in [5.74, 6) is -1.40. The van der Waals surface area contributed by atoms with Crippen LogP contribution in [-0.2, 0) is 16.0 Å². The lowest BCUT2D eigenvalue weighted by atomic mass is 10.1. The van der Waals surface area contributed by atoms with Crippen LogP contribution in [0.25, 0.3) is 0 Å². The predicted molar refractivity (Wildman–Crippen MR) is 96.7 cm³/mol. The number of carboxylic acids is 1. The maximum absolute atomic E-state index is 12.0. The van der Waals surface area contributed by atoms with Crippen molar-refractivity contribution in [1.29, 1.82) is 0 Å². The molecule has 8 heteroatoms. The second-order valence-corrected chi connectivity index (χ2v) is 6.49. The normalized spacial score (nSPS) is 11.6. The van der Waals surface area contributed by atoms with Crippen molar-refractivity contribution < 1.29 is 19.4 Å². The first-order valence-corrected chi connectivity index (χ1v) is 8.32. The average Bonchev–Trinajstić information content (AvgIpc) is 2.53. The van der Waals surface area contributed by atoms with Gasteiger partial charge in [0, 0.05) is 21.5 Å². The van der Waals surface area contributed by atoms with Gasteiger partial charge in [-0.25, -0.2) is 4.79 Å². The Bertz CT molecular complexity index is 745. The molecule has 0 aliphatic heterocycles. The standard InChI is InChI=1S/C17H14Cl3NO4/c18-11-3-1-10(2-4-11)5-15(17(23)24)21-16(22)9-25-14-7-12(19)6-13(20)8-14/h1-4,6-8,15H,5,9H2,(H,21,22)(H,23,24)/t15-/m0/s1. The number of carboxylic acid groups (broad SMARTS) is 1. The molecule has 2 aromatic rings. The van der Waals surface area contributed by atoms with Crippen molar-refractivity contribution in [2.75, 3.05) is 6.61 Å². The molecular weight excluding hydrogens is 389 g/mol. The van der Waals surface area contributed by atoms with Crippen LogP contribution < -0.4 is 10.1 Å². The SMILES string of the molecule is O=C(COc1cc(Cl)cc(Cl)c1)N[C@@H](Cc1ccc(Cl)cc1)C(=O)O. The number of amides is 1. The minimum atomic E-state index is -1.14. The van der Waals surface area contributed by atoms with Gasteiger partial charge in [-0.15, -0.1) is 0 Å². The third-order valence-electron chi connectivity index (χ3n) is 3.19. The highest BCUT2D eigenvalue weighted by Crippen LogP contribution is 2.24. The molecule has 0 bridgehead atoms. The highest BCUT2D eigenvalue weighted by molar-refractivity contribution is 6.34. The third kappa shape index (κ3) is 6.46. The number of carbonyl (C=O) groups excluding carboxylic acids is 1. The molecule has 132 valence electrons. The van der Waals surface area contributed by atoms with E-state index in [0.29, 0.717) is 20.8 Å². The number of nitrogens with one attached hydrogen (secondary N) is 1. The van der Waals surface area contributed by atoms with Gasteiger partial charge in [-0.05, 0) is 35.9 Å². The van der Waals surface area contributed by atoms with Crippen molar-refractivity contribution in [3.8, 4) is 5.75 Å². The van der Waals surface area contributed by atoms with Gasteiger partial charge in [-0.3, -0.25) is 4.79 Å². The van der Waals surface area contributed by atoms with Gasteiger partial charge in [0.2, 0.25) is 0 Å². The summed E-state index contributed by atoms with van der Waals surface area (Å²) in [4.78, 5) is 23.3. The first-order valence-electron chi connectivity index (χ1n) is 7.19. The molecule has 2 rings (SSSR count). The van der Waals surface area contributed by atoms with E-state index in [0.717, 1.165) is 5.56 Å². The Morgan fingerprint density at radius 1 is 1.00 bits per heavy atom. The number of carbonyl (C=O) groups is 2. The van der Waals surface area contributed by atoms with Gasteiger partial charge >= 0.3 is 5.97 Å². The summed E-state index contributed by atoms with van der Waals surface area (Å²) in [6, 6.07) is 10.2. The highest BCUT2D eigenvalue weighted by Gasteiger charge is 2.20. The fraction of sp³-hybridized carbons (Fsp3) is 0.176. The van der Waals surface area contributed by atoms with Gasteiger partial charge < -0.3 is 15.2 Å². The van der Waals surface area contributed by atoms with E-state index in [2.05, 4.69) is 5.32 Å². The van der Waals surface area contributed by atoms with Gasteiger partial charge in [0.1, 0.15) is 11.8 Å². The minimum absolute atomic E-state index is 0.126. The first-order chi connectivity index (χ1) is 11.8. The topological polar surface area (TPSA) is 75.6 Å². The zero-order valence-electron chi connectivity index (χ0n) is 12.8. The van der Waals surface area contributed by atoms with Gasteiger partial charge in [0.05, 0.1) is 0 Å². The molecule has 25 heavy (non-hydrogen) atoms. The Kier molecular flexibility index (Phi) is 6.93. The molecule has 0 unspecified atom stereocenters. The van der Waals surface area contributed by atoms with E-state index in [9.17, 15) is 14.7 Å². The monoisotopic (exact) mass is 401 g/mol. The summed E-state index contributed by atoms with van der Waals surface area (Å²) < 4.78 is 5.28. The largest absolute Gasteiger partial charge is 0.484 e. The fourth-order valence-corrected chi connectivity index (χ4v) is 2.69. The first kappa shape index (κ1) is 19.4. The number of benzene rings is 2. The van der Waals surface area contributed by atoms with E-state index in [4.69, 9.17) is 39.5 Å². The van der Waals surface area contributed by atoms with Crippen LogP contribution in [0, 0.1) is 0 Å². The van der Waals surface area contributed by atoms with Crippen LogP contribution in [0.1, 0.15) is 5.56 Å². The maximum Gasteiger partial charge on any atom is 0.326 e. The van der Waals surface area contributed by atoms with Gasteiger partial charge in [-0.1, -0.05) is 46.9 Å². The molecule has 0 spiro atoms. The third-order valence-corrected chi connectivity index (χ3v) is 3.88. The molecule has 0 aromatic heterocycles. The molecular formula is C17H14Cl3NO4. The highest BCUT2D eigenvalue weighted by atomic mass is 35.5. The number of halogens is 3. The molecule has 0 heterocycles. The zero-order valence-corrected chi connectivity index (χ0v) is 15.1. The van der Waals surface area contributed by atoms with Crippen LogP contribution in [0.5, 0.6) is 5.75 Å². The molecule has 0 aliphatic carbocycles. The number of hydrogen-bond acceptors (Lipinski definition) is 3. The summed E-state index contributed by atoms with van der Waals surface area (Å²) >= 11 is 17.5. The number of aliphatic carboxylic acids is 1. The van der Waals surface area contributed by atoms with Crippen molar-refractivity contribution in [3.63, 3.8) is 0 Å². The van der Waals surface area contributed by atoms with E-state index in [-0.39, 0.29) is 13.0 Å².